The quantitative estimate of drug-likeness (QED) is 0.558. The van der Waals surface area contributed by atoms with Gasteiger partial charge in [-0.05, 0) is 29.0 Å². The summed E-state index contributed by atoms with van der Waals surface area (Å²) < 4.78 is 10.9. The maximum Gasteiger partial charge on any atom is 0.270 e. The van der Waals surface area contributed by atoms with E-state index < -0.39 is 4.92 Å². The van der Waals surface area contributed by atoms with Crippen molar-refractivity contribution >= 4 is 16.5 Å². The van der Waals surface area contributed by atoms with Gasteiger partial charge in [0.15, 0.2) is 11.5 Å². The number of fused-ring (bicyclic) bond motifs is 2. The van der Waals surface area contributed by atoms with Gasteiger partial charge in [-0.2, -0.15) is 0 Å². The van der Waals surface area contributed by atoms with E-state index in [4.69, 9.17) is 9.47 Å². The Kier molecular flexibility index (Phi) is 2.11. The van der Waals surface area contributed by atoms with Crippen molar-refractivity contribution in [1.82, 2.24) is 0 Å². The Morgan fingerprint density at radius 1 is 1.00 bits per heavy atom. The standard InChI is InChI=1S/C12H9NO4/c14-13(15)10-2-1-8-6-11-12(7-9(8)5-10)17-4-3-16-11/h1-2,5-7H,3-4H2. The van der Waals surface area contributed by atoms with E-state index in [2.05, 4.69) is 0 Å². The molecule has 0 unspecified atom stereocenters. The first-order chi connectivity index (χ1) is 8.24. The summed E-state index contributed by atoms with van der Waals surface area (Å²) in [6.45, 7) is 1.04. The number of hydrogen-bond acceptors (Lipinski definition) is 4. The first-order valence-electron chi connectivity index (χ1n) is 5.22. The minimum Gasteiger partial charge on any atom is -0.486 e. The molecule has 5 nitrogen and oxygen atoms in total. The van der Waals surface area contributed by atoms with Gasteiger partial charge in [-0.25, -0.2) is 0 Å². The van der Waals surface area contributed by atoms with Crippen molar-refractivity contribution < 1.29 is 14.4 Å². The third kappa shape index (κ3) is 1.65. The lowest BCUT2D eigenvalue weighted by Crippen LogP contribution is -2.15. The molecule has 0 saturated heterocycles. The smallest absolute Gasteiger partial charge is 0.270 e. The summed E-state index contributed by atoms with van der Waals surface area (Å²) in [5.41, 5.74) is 0.0779. The fourth-order valence-corrected chi connectivity index (χ4v) is 1.89. The Morgan fingerprint density at radius 3 is 2.29 bits per heavy atom. The first-order valence-corrected chi connectivity index (χ1v) is 5.22. The highest BCUT2D eigenvalue weighted by atomic mass is 16.6. The molecule has 17 heavy (non-hydrogen) atoms. The van der Waals surface area contributed by atoms with Crippen LogP contribution in [0.4, 0.5) is 5.69 Å². The van der Waals surface area contributed by atoms with Crippen LogP contribution < -0.4 is 9.47 Å². The lowest BCUT2D eigenvalue weighted by molar-refractivity contribution is -0.384. The van der Waals surface area contributed by atoms with E-state index in [0.717, 1.165) is 10.8 Å². The van der Waals surface area contributed by atoms with E-state index in [0.29, 0.717) is 24.7 Å². The summed E-state index contributed by atoms with van der Waals surface area (Å²) in [6.07, 6.45) is 0. The van der Waals surface area contributed by atoms with Gasteiger partial charge in [0.2, 0.25) is 0 Å². The van der Waals surface area contributed by atoms with Crippen LogP contribution in [0.25, 0.3) is 10.8 Å². The van der Waals surface area contributed by atoms with Crippen LogP contribution in [-0.2, 0) is 0 Å². The molecular weight excluding hydrogens is 222 g/mol. The molecule has 1 heterocycles. The number of benzene rings is 2. The number of nitro groups is 1. The Labute approximate surface area is 96.7 Å². The normalized spacial score (nSPS) is 13.6. The Hall–Kier alpha value is -2.30. The molecule has 0 amide bonds. The molecule has 1 aliphatic rings. The Balaban J connectivity index is 2.20. The van der Waals surface area contributed by atoms with Gasteiger partial charge in [0, 0.05) is 12.1 Å². The largest absolute Gasteiger partial charge is 0.486 e. The van der Waals surface area contributed by atoms with Crippen molar-refractivity contribution in [2.75, 3.05) is 13.2 Å². The van der Waals surface area contributed by atoms with Crippen LogP contribution in [0.2, 0.25) is 0 Å². The van der Waals surface area contributed by atoms with Gasteiger partial charge in [-0.1, -0.05) is 0 Å². The molecule has 86 valence electrons. The van der Waals surface area contributed by atoms with Gasteiger partial charge < -0.3 is 9.47 Å². The summed E-state index contributed by atoms with van der Waals surface area (Å²) >= 11 is 0. The molecule has 0 radical (unpaired) electrons. The number of rotatable bonds is 1. The van der Waals surface area contributed by atoms with Crippen LogP contribution >= 0.6 is 0 Å². The third-order valence-electron chi connectivity index (χ3n) is 2.70. The van der Waals surface area contributed by atoms with Crippen molar-refractivity contribution in [2.45, 2.75) is 0 Å². The van der Waals surface area contributed by atoms with Gasteiger partial charge in [0.05, 0.1) is 4.92 Å². The van der Waals surface area contributed by atoms with Crippen LogP contribution in [-0.4, -0.2) is 18.1 Å². The van der Waals surface area contributed by atoms with Crippen molar-refractivity contribution in [2.24, 2.45) is 0 Å². The maximum atomic E-state index is 10.7. The zero-order valence-electron chi connectivity index (χ0n) is 8.88. The molecule has 2 aromatic rings. The van der Waals surface area contributed by atoms with Crippen LogP contribution in [0.5, 0.6) is 11.5 Å². The average Bonchev–Trinajstić information content (AvgIpc) is 2.35. The lowest BCUT2D eigenvalue weighted by Gasteiger charge is -2.18. The number of nitro benzene ring substituents is 1. The average molecular weight is 231 g/mol. The summed E-state index contributed by atoms with van der Waals surface area (Å²) in [5, 5.41) is 12.4. The molecule has 3 rings (SSSR count). The van der Waals surface area contributed by atoms with E-state index >= 15 is 0 Å². The molecule has 1 aliphatic heterocycles. The van der Waals surface area contributed by atoms with Crippen molar-refractivity contribution in [3.8, 4) is 11.5 Å². The van der Waals surface area contributed by atoms with E-state index in [1.807, 2.05) is 6.07 Å². The summed E-state index contributed by atoms with van der Waals surface area (Å²) in [6, 6.07) is 8.35. The second-order valence-corrected chi connectivity index (χ2v) is 3.78. The zero-order valence-corrected chi connectivity index (χ0v) is 8.88. The molecule has 5 heteroatoms. The van der Waals surface area contributed by atoms with Crippen LogP contribution in [0.3, 0.4) is 0 Å². The predicted molar refractivity (Wildman–Crippen MR) is 61.6 cm³/mol. The predicted octanol–water partition coefficient (Wildman–Crippen LogP) is 2.52. The van der Waals surface area contributed by atoms with Crippen molar-refractivity contribution in [1.29, 1.82) is 0 Å². The highest BCUT2D eigenvalue weighted by Crippen LogP contribution is 2.35. The number of non-ortho nitro benzene ring substituents is 1. The van der Waals surface area contributed by atoms with E-state index in [-0.39, 0.29) is 5.69 Å². The van der Waals surface area contributed by atoms with Gasteiger partial charge in [0.25, 0.3) is 5.69 Å². The van der Waals surface area contributed by atoms with Gasteiger partial charge >= 0.3 is 0 Å². The number of nitrogens with zero attached hydrogens (tertiary/aromatic N) is 1. The topological polar surface area (TPSA) is 61.6 Å². The molecule has 0 bridgehead atoms. The molecule has 0 fully saturated rings. The summed E-state index contributed by atoms with van der Waals surface area (Å²) in [4.78, 5) is 10.3. The SMILES string of the molecule is O=[N+]([O-])c1ccc2cc3c(cc2c1)OCCO3. The van der Waals surface area contributed by atoms with Crippen molar-refractivity contribution in [3.63, 3.8) is 0 Å². The molecule has 0 aromatic heterocycles. The van der Waals surface area contributed by atoms with E-state index in [9.17, 15) is 10.1 Å². The lowest BCUT2D eigenvalue weighted by atomic mass is 10.1. The summed E-state index contributed by atoms with van der Waals surface area (Å²) in [5.74, 6) is 1.34. The Morgan fingerprint density at radius 2 is 1.65 bits per heavy atom. The molecular formula is C12H9NO4. The zero-order chi connectivity index (χ0) is 11.8. The molecule has 0 saturated carbocycles. The number of hydrogen-bond donors (Lipinski definition) is 0. The molecule has 0 aliphatic carbocycles. The second kappa shape index (κ2) is 3.62. The van der Waals surface area contributed by atoms with Gasteiger partial charge in [-0.3, -0.25) is 10.1 Å². The van der Waals surface area contributed by atoms with E-state index in [1.165, 1.54) is 12.1 Å². The second-order valence-electron chi connectivity index (χ2n) is 3.78. The highest BCUT2D eigenvalue weighted by molar-refractivity contribution is 5.88. The highest BCUT2D eigenvalue weighted by Gasteiger charge is 2.14. The van der Waals surface area contributed by atoms with Crippen LogP contribution in [0.1, 0.15) is 0 Å². The van der Waals surface area contributed by atoms with Crippen LogP contribution in [0.15, 0.2) is 30.3 Å². The van der Waals surface area contributed by atoms with Crippen LogP contribution in [0, 0.1) is 10.1 Å². The van der Waals surface area contributed by atoms with Gasteiger partial charge in [0.1, 0.15) is 13.2 Å². The third-order valence-corrected chi connectivity index (χ3v) is 2.70. The maximum absolute atomic E-state index is 10.7. The number of ether oxygens (including phenoxy) is 2. The molecule has 0 atom stereocenters. The van der Waals surface area contributed by atoms with E-state index in [1.54, 1.807) is 12.1 Å². The van der Waals surface area contributed by atoms with Crippen molar-refractivity contribution in [3.05, 3.63) is 40.4 Å². The Bertz CT molecular complexity index is 609. The fourth-order valence-electron chi connectivity index (χ4n) is 1.89. The summed E-state index contributed by atoms with van der Waals surface area (Å²) in [7, 11) is 0. The fraction of sp³-hybridized carbons (Fsp3) is 0.167. The monoisotopic (exact) mass is 231 g/mol. The first kappa shape index (κ1) is 9.89. The molecule has 2 aromatic carbocycles. The minimum absolute atomic E-state index is 0.0779. The minimum atomic E-state index is -0.407. The van der Waals surface area contributed by atoms with Gasteiger partial charge in [-0.15, -0.1) is 0 Å². The molecule has 0 N–H and O–H groups in total. The molecule has 0 spiro atoms.